The highest BCUT2D eigenvalue weighted by Crippen LogP contribution is 2.27. The molecule has 0 heterocycles. The molecular weight excluding hydrogens is 336 g/mol. The van der Waals surface area contributed by atoms with Crippen LogP contribution in [0.2, 0.25) is 0 Å². The summed E-state index contributed by atoms with van der Waals surface area (Å²) < 4.78 is 78.2. The zero-order valence-corrected chi connectivity index (χ0v) is 13.8. The number of alkyl halides is 3. The Morgan fingerprint density at radius 1 is 1.26 bits per heavy atom. The van der Waals surface area contributed by atoms with E-state index in [9.17, 15) is 26.0 Å². The Morgan fingerprint density at radius 2 is 1.91 bits per heavy atom. The number of sulfone groups is 1. The Labute approximate surface area is 133 Å². The average Bonchev–Trinajstić information content (AvgIpc) is 2.42. The minimum absolute atomic E-state index is 0.0620. The molecule has 0 aliphatic heterocycles. The summed E-state index contributed by atoms with van der Waals surface area (Å²) in [6.45, 7) is 1.91. The van der Waals surface area contributed by atoms with Crippen LogP contribution in [0.4, 0.5) is 17.6 Å². The monoisotopic (exact) mass is 356 g/mol. The van der Waals surface area contributed by atoms with Crippen LogP contribution in [-0.4, -0.2) is 32.7 Å². The van der Waals surface area contributed by atoms with E-state index >= 15 is 0 Å². The van der Waals surface area contributed by atoms with Gasteiger partial charge in [-0.3, -0.25) is 0 Å². The maximum Gasteiger partial charge on any atom is 0.422 e. The molecule has 1 aromatic rings. The van der Waals surface area contributed by atoms with Crippen molar-refractivity contribution in [1.29, 1.82) is 0 Å². The highest BCUT2D eigenvalue weighted by atomic mass is 32.2. The van der Waals surface area contributed by atoms with E-state index in [1.54, 1.807) is 6.92 Å². The summed E-state index contributed by atoms with van der Waals surface area (Å²) >= 11 is 0. The summed E-state index contributed by atoms with van der Waals surface area (Å²) in [5, 5.41) is 0. The molecule has 1 aromatic carbocycles. The van der Waals surface area contributed by atoms with Crippen molar-refractivity contribution in [2.45, 2.75) is 38.8 Å². The molecule has 0 aliphatic carbocycles. The first-order valence-corrected chi connectivity index (χ1v) is 9.05. The van der Waals surface area contributed by atoms with Gasteiger partial charge < -0.3 is 4.74 Å². The molecule has 0 saturated carbocycles. The molecule has 0 aromatic heterocycles. The third-order valence-electron chi connectivity index (χ3n) is 3.23. The SMILES string of the molecule is CCCCS(=O)(=O)C[C@H](C)c1ccc(F)c(OCC(F)(F)F)c1. The second-order valence-electron chi connectivity index (χ2n) is 5.46. The molecule has 23 heavy (non-hydrogen) atoms. The van der Waals surface area contributed by atoms with Gasteiger partial charge in [-0.05, 0) is 30.0 Å². The fraction of sp³-hybridized carbons (Fsp3) is 0.600. The van der Waals surface area contributed by atoms with Crippen molar-refractivity contribution in [2.75, 3.05) is 18.1 Å². The maximum atomic E-state index is 13.5. The summed E-state index contributed by atoms with van der Waals surface area (Å²) in [6.07, 6.45) is -3.27. The summed E-state index contributed by atoms with van der Waals surface area (Å²) in [4.78, 5) is 0. The van der Waals surface area contributed by atoms with Crippen LogP contribution in [0.3, 0.4) is 0 Å². The molecule has 0 amide bonds. The van der Waals surface area contributed by atoms with E-state index in [1.165, 1.54) is 6.07 Å². The van der Waals surface area contributed by atoms with Gasteiger partial charge in [-0.25, -0.2) is 12.8 Å². The van der Waals surface area contributed by atoms with Gasteiger partial charge in [-0.15, -0.1) is 0 Å². The zero-order valence-electron chi connectivity index (χ0n) is 13.0. The third kappa shape index (κ3) is 7.20. The van der Waals surface area contributed by atoms with Crippen molar-refractivity contribution in [3.8, 4) is 5.75 Å². The summed E-state index contributed by atoms with van der Waals surface area (Å²) in [5.41, 5.74) is 0.420. The Balaban J connectivity index is 2.84. The van der Waals surface area contributed by atoms with Gasteiger partial charge in [0.2, 0.25) is 0 Å². The van der Waals surface area contributed by atoms with Gasteiger partial charge in [0.25, 0.3) is 0 Å². The molecule has 3 nitrogen and oxygen atoms in total. The van der Waals surface area contributed by atoms with Gasteiger partial charge in [0.15, 0.2) is 28.0 Å². The van der Waals surface area contributed by atoms with Crippen molar-refractivity contribution in [3.05, 3.63) is 29.6 Å². The van der Waals surface area contributed by atoms with Gasteiger partial charge in [0.1, 0.15) is 0 Å². The van der Waals surface area contributed by atoms with E-state index < -0.39 is 40.1 Å². The van der Waals surface area contributed by atoms with Crippen LogP contribution < -0.4 is 4.74 Å². The molecule has 0 bridgehead atoms. The van der Waals surface area contributed by atoms with Gasteiger partial charge >= 0.3 is 6.18 Å². The van der Waals surface area contributed by atoms with Crippen LogP contribution >= 0.6 is 0 Å². The fourth-order valence-corrected chi connectivity index (χ4v) is 3.87. The largest absolute Gasteiger partial charge is 0.481 e. The molecule has 0 N–H and O–H groups in total. The van der Waals surface area contributed by atoms with E-state index in [2.05, 4.69) is 4.74 Å². The van der Waals surface area contributed by atoms with E-state index in [4.69, 9.17) is 0 Å². The molecule has 132 valence electrons. The number of benzene rings is 1. The van der Waals surface area contributed by atoms with E-state index in [-0.39, 0.29) is 11.5 Å². The topological polar surface area (TPSA) is 43.4 Å². The van der Waals surface area contributed by atoms with Gasteiger partial charge in [0.05, 0.1) is 11.5 Å². The Morgan fingerprint density at radius 3 is 2.48 bits per heavy atom. The second kappa shape index (κ2) is 7.99. The van der Waals surface area contributed by atoms with Crippen LogP contribution in [-0.2, 0) is 9.84 Å². The van der Waals surface area contributed by atoms with E-state index in [1.807, 2.05) is 6.92 Å². The molecule has 0 radical (unpaired) electrons. The van der Waals surface area contributed by atoms with E-state index in [0.29, 0.717) is 12.0 Å². The van der Waals surface area contributed by atoms with Crippen molar-refractivity contribution in [1.82, 2.24) is 0 Å². The summed E-state index contributed by atoms with van der Waals surface area (Å²) in [5.74, 6) is -1.99. The molecular formula is C15H20F4O3S. The van der Waals surface area contributed by atoms with E-state index in [0.717, 1.165) is 18.6 Å². The molecule has 0 saturated heterocycles. The number of hydrogen-bond donors (Lipinski definition) is 0. The van der Waals surface area contributed by atoms with Gasteiger partial charge in [0, 0.05) is 0 Å². The number of halogens is 4. The van der Waals surface area contributed by atoms with Gasteiger partial charge in [-0.2, -0.15) is 13.2 Å². The lowest BCUT2D eigenvalue weighted by molar-refractivity contribution is -0.153. The molecule has 1 atom stereocenters. The Bertz CT molecular complexity index is 612. The van der Waals surface area contributed by atoms with Crippen LogP contribution in [0.15, 0.2) is 18.2 Å². The average molecular weight is 356 g/mol. The van der Waals surface area contributed by atoms with Gasteiger partial charge in [-0.1, -0.05) is 26.3 Å². The highest BCUT2D eigenvalue weighted by Gasteiger charge is 2.29. The second-order valence-corrected chi connectivity index (χ2v) is 7.69. The number of ether oxygens (including phenoxy) is 1. The van der Waals surface area contributed by atoms with Crippen LogP contribution in [0.25, 0.3) is 0 Å². The molecule has 0 unspecified atom stereocenters. The number of rotatable bonds is 8. The lowest BCUT2D eigenvalue weighted by atomic mass is 10.0. The molecule has 0 spiro atoms. The Kier molecular flexibility index (Phi) is 6.85. The number of unbranched alkanes of at least 4 members (excludes halogenated alkanes) is 1. The number of hydrogen-bond acceptors (Lipinski definition) is 3. The lowest BCUT2D eigenvalue weighted by Gasteiger charge is -2.15. The fourth-order valence-electron chi connectivity index (χ4n) is 2.02. The quantitative estimate of drug-likeness (QED) is 0.659. The maximum absolute atomic E-state index is 13.5. The highest BCUT2D eigenvalue weighted by molar-refractivity contribution is 7.91. The molecule has 0 fully saturated rings. The third-order valence-corrected chi connectivity index (χ3v) is 5.15. The zero-order chi connectivity index (χ0) is 17.7. The molecule has 8 heteroatoms. The smallest absolute Gasteiger partial charge is 0.422 e. The normalized spacial score (nSPS) is 13.8. The minimum Gasteiger partial charge on any atom is -0.481 e. The minimum atomic E-state index is -4.57. The summed E-state index contributed by atoms with van der Waals surface area (Å²) in [6, 6.07) is 3.47. The summed E-state index contributed by atoms with van der Waals surface area (Å²) in [7, 11) is -3.26. The first-order valence-electron chi connectivity index (χ1n) is 7.23. The molecule has 1 rings (SSSR count). The van der Waals surface area contributed by atoms with Crippen molar-refractivity contribution < 1.29 is 30.7 Å². The first-order chi connectivity index (χ1) is 10.5. The van der Waals surface area contributed by atoms with Crippen molar-refractivity contribution in [3.63, 3.8) is 0 Å². The van der Waals surface area contributed by atoms with Crippen molar-refractivity contribution >= 4 is 9.84 Å². The predicted molar refractivity (Wildman–Crippen MR) is 79.9 cm³/mol. The van der Waals surface area contributed by atoms with Crippen LogP contribution in [0.1, 0.15) is 38.2 Å². The standard InChI is InChI=1S/C15H20F4O3S/c1-3-4-7-23(20,21)9-11(2)12-5-6-13(16)14(8-12)22-10-15(17,18)19/h5-6,8,11H,3-4,7,9-10H2,1-2H3/t11-/m0/s1. The van der Waals surface area contributed by atoms with Crippen LogP contribution in [0.5, 0.6) is 5.75 Å². The Hall–Kier alpha value is -1.31. The lowest BCUT2D eigenvalue weighted by Crippen LogP contribution is -2.20. The van der Waals surface area contributed by atoms with Crippen molar-refractivity contribution in [2.24, 2.45) is 0 Å². The molecule has 0 aliphatic rings. The first kappa shape index (κ1) is 19.7. The predicted octanol–water partition coefficient (Wildman–Crippen LogP) is 4.09. The van der Waals surface area contributed by atoms with Crippen LogP contribution in [0, 0.1) is 5.82 Å².